The summed E-state index contributed by atoms with van der Waals surface area (Å²) in [5, 5.41) is 4.30. The number of hydrogen-bond donors (Lipinski definition) is 1. The molecule has 6 heteroatoms. The number of ether oxygens (including phenoxy) is 1. The molecule has 0 saturated carbocycles. The van der Waals surface area contributed by atoms with E-state index in [2.05, 4.69) is 5.10 Å². The lowest BCUT2D eigenvalue weighted by molar-refractivity contribution is -0.144. The number of anilines is 1. The summed E-state index contributed by atoms with van der Waals surface area (Å²) in [6, 6.07) is 0. The molecule has 19 heavy (non-hydrogen) atoms. The second kappa shape index (κ2) is 5.21. The van der Waals surface area contributed by atoms with E-state index < -0.39 is 0 Å². The fraction of sp³-hybridized carbons (Fsp3) is 0.692. The maximum Gasteiger partial charge on any atom is 0.244 e. The summed E-state index contributed by atoms with van der Waals surface area (Å²) in [6.07, 6.45) is 0.163. The standard InChI is InChI=1S/C13H22N4O2/c1-8-5-16(6-9(2)19-8)12(18)7-17-11(4)13(14)10(3)15-17/h8-9H,5-7,14H2,1-4H3. The smallest absolute Gasteiger partial charge is 0.244 e. The summed E-state index contributed by atoms with van der Waals surface area (Å²) in [5.74, 6) is 0.0626. The van der Waals surface area contributed by atoms with E-state index >= 15 is 0 Å². The lowest BCUT2D eigenvalue weighted by Crippen LogP contribution is -2.49. The van der Waals surface area contributed by atoms with Crippen molar-refractivity contribution in [3.05, 3.63) is 11.4 Å². The summed E-state index contributed by atoms with van der Waals surface area (Å²) < 4.78 is 7.31. The van der Waals surface area contributed by atoms with Crippen molar-refractivity contribution in [2.75, 3.05) is 18.8 Å². The molecule has 1 saturated heterocycles. The summed E-state index contributed by atoms with van der Waals surface area (Å²) in [5.41, 5.74) is 8.16. The summed E-state index contributed by atoms with van der Waals surface area (Å²) in [7, 11) is 0. The molecule has 1 aromatic heterocycles. The van der Waals surface area contributed by atoms with Gasteiger partial charge in [-0.3, -0.25) is 9.48 Å². The normalized spacial score (nSPS) is 23.7. The Kier molecular flexibility index (Phi) is 3.80. The zero-order valence-electron chi connectivity index (χ0n) is 12.0. The highest BCUT2D eigenvalue weighted by Crippen LogP contribution is 2.16. The molecule has 2 heterocycles. The quantitative estimate of drug-likeness (QED) is 0.856. The Labute approximate surface area is 113 Å². The minimum absolute atomic E-state index is 0.0626. The first-order valence-corrected chi connectivity index (χ1v) is 6.61. The fourth-order valence-electron chi connectivity index (χ4n) is 2.47. The molecular formula is C13H22N4O2. The molecule has 2 rings (SSSR count). The van der Waals surface area contributed by atoms with Crippen LogP contribution in [-0.2, 0) is 16.1 Å². The molecule has 0 bridgehead atoms. The monoisotopic (exact) mass is 266 g/mol. The van der Waals surface area contributed by atoms with E-state index in [9.17, 15) is 4.79 Å². The third-order valence-electron chi connectivity index (χ3n) is 3.49. The Hall–Kier alpha value is -1.56. The van der Waals surface area contributed by atoms with Crippen LogP contribution in [0.3, 0.4) is 0 Å². The van der Waals surface area contributed by atoms with Crippen molar-refractivity contribution in [1.82, 2.24) is 14.7 Å². The van der Waals surface area contributed by atoms with Gasteiger partial charge >= 0.3 is 0 Å². The van der Waals surface area contributed by atoms with Gasteiger partial charge in [0.05, 0.1) is 29.3 Å². The number of aryl methyl sites for hydroxylation is 1. The van der Waals surface area contributed by atoms with Gasteiger partial charge < -0.3 is 15.4 Å². The van der Waals surface area contributed by atoms with Crippen LogP contribution in [0.5, 0.6) is 0 Å². The number of amides is 1. The summed E-state index contributed by atoms with van der Waals surface area (Å²) >= 11 is 0. The van der Waals surface area contributed by atoms with E-state index in [1.807, 2.05) is 32.6 Å². The van der Waals surface area contributed by atoms with Crippen LogP contribution in [0.15, 0.2) is 0 Å². The van der Waals surface area contributed by atoms with Crippen molar-refractivity contribution in [2.24, 2.45) is 0 Å². The van der Waals surface area contributed by atoms with Gasteiger partial charge in [0, 0.05) is 13.1 Å². The van der Waals surface area contributed by atoms with Gasteiger partial charge in [-0.1, -0.05) is 0 Å². The molecule has 0 aliphatic carbocycles. The second-order valence-electron chi connectivity index (χ2n) is 5.30. The maximum atomic E-state index is 12.3. The van der Waals surface area contributed by atoms with Crippen LogP contribution in [0.2, 0.25) is 0 Å². The molecule has 1 aromatic rings. The fourth-order valence-corrected chi connectivity index (χ4v) is 2.47. The number of carbonyl (C=O) groups is 1. The Balaban J connectivity index is 2.06. The van der Waals surface area contributed by atoms with E-state index in [0.717, 1.165) is 11.4 Å². The first-order valence-electron chi connectivity index (χ1n) is 6.61. The number of nitrogen functional groups attached to an aromatic ring is 1. The molecule has 2 unspecified atom stereocenters. The Morgan fingerprint density at radius 1 is 1.37 bits per heavy atom. The van der Waals surface area contributed by atoms with Crippen LogP contribution in [-0.4, -0.2) is 45.9 Å². The number of nitrogens with two attached hydrogens (primary N) is 1. The third kappa shape index (κ3) is 2.89. The molecule has 106 valence electrons. The van der Waals surface area contributed by atoms with Crippen LogP contribution >= 0.6 is 0 Å². The molecule has 0 radical (unpaired) electrons. The van der Waals surface area contributed by atoms with Crippen molar-refractivity contribution >= 4 is 11.6 Å². The topological polar surface area (TPSA) is 73.4 Å². The van der Waals surface area contributed by atoms with E-state index in [4.69, 9.17) is 10.5 Å². The van der Waals surface area contributed by atoms with Gasteiger partial charge in [0.25, 0.3) is 0 Å². The van der Waals surface area contributed by atoms with E-state index in [0.29, 0.717) is 18.8 Å². The Bertz CT molecular complexity index is 473. The number of morpholine rings is 1. The highest BCUT2D eigenvalue weighted by molar-refractivity contribution is 5.76. The zero-order valence-corrected chi connectivity index (χ0v) is 12.0. The predicted octanol–water partition coefficient (Wildman–Crippen LogP) is 0.718. The number of carbonyl (C=O) groups excluding carboxylic acids is 1. The molecule has 1 amide bonds. The number of nitrogens with zero attached hydrogens (tertiary/aromatic N) is 3. The van der Waals surface area contributed by atoms with Gasteiger partial charge in [-0.05, 0) is 27.7 Å². The average molecular weight is 266 g/mol. The van der Waals surface area contributed by atoms with Gasteiger partial charge in [0.15, 0.2) is 0 Å². The third-order valence-corrected chi connectivity index (χ3v) is 3.49. The first-order chi connectivity index (χ1) is 8.88. The van der Waals surface area contributed by atoms with Crippen LogP contribution in [0.4, 0.5) is 5.69 Å². The Morgan fingerprint density at radius 2 is 1.95 bits per heavy atom. The molecule has 0 aromatic carbocycles. The molecule has 0 spiro atoms. The largest absolute Gasteiger partial charge is 0.396 e. The van der Waals surface area contributed by atoms with Crippen LogP contribution < -0.4 is 5.73 Å². The minimum atomic E-state index is 0.0626. The minimum Gasteiger partial charge on any atom is -0.396 e. The van der Waals surface area contributed by atoms with E-state index in [1.165, 1.54) is 0 Å². The first kappa shape index (κ1) is 13.9. The highest BCUT2D eigenvalue weighted by atomic mass is 16.5. The maximum absolute atomic E-state index is 12.3. The van der Waals surface area contributed by atoms with E-state index in [-0.39, 0.29) is 24.7 Å². The lowest BCUT2D eigenvalue weighted by atomic mass is 10.2. The highest BCUT2D eigenvalue weighted by Gasteiger charge is 2.26. The van der Waals surface area contributed by atoms with Crippen molar-refractivity contribution < 1.29 is 9.53 Å². The summed E-state index contributed by atoms with van der Waals surface area (Å²) in [4.78, 5) is 14.1. The van der Waals surface area contributed by atoms with E-state index in [1.54, 1.807) is 4.68 Å². The molecule has 6 nitrogen and oxygen atoms in total. The van der Waals surface area contributed by atoms with Crippen molar-refractivity contribution in [3.63, 3.8) is 0 Å². The SMILES string of the molecule is Cc1nn(CC(=O)N2CC(C)OC(C)C2)c(C)c1N. The molecule has 1 aliphatic heterocycles. The van der Waals surface area contributed by atoms with Gasteiger partial charge in [-0.15, -0.1) is 0 Å². The lowest BCUT2D eigenvalue weighted by Gasteiger charge is -2.35. The Morgan fingerprint density at radius 3 is 2.42 bits per heavy atom. The second-order valence-corrected chi connectivity index (χ2v) is 5.30. The number of hydrogen-bond acceptors (Lipinski definition) is 4. The molecule has 1 aliphatic rings. The van der Waals surface area contributed by atoms with Crippen molar-refractivity contribution in [1.29, 1.82) is 0 Å². The van der Waals surface area contributed by atoms with Crippen LogP contribution in [0, 0.1) is 13.8 Å². The number of aromatic nitrogens is 2. The van der Waals surface area contributed by atoms with Gasteiger partial charge in [-0.2, -0.15) is 5.10 Å². The van der Waals surface area contributed by atoms with Gasteiger partial charge in [0.2, 0.25) is 5.91 Å². The molecule has 2 N–H and O–H groups in total. The zero-order chi connectivity index (χ0) is 14.2. The van der Waals surface area contributed by atoms with Crippen LogP contribution in [0.1, 0.15) is 25.2 Å². The molecule has 1 fully saturated rings. The van der Waals surface area contributed by atoms with Crippen molar-refractivity contribution in [3.8, 4) is 0 Å². The summed E-state index contributed by atoms with van der Waals surface area (Å²) in [6.45, 7) is 9.21. The number of rotatable bonds is 2. The predicted molar refractivity (Wildman–Crippen MR) is 72.7 cm³/mol. The van der Waals surface area contributed by atoms with Crippen LogP contribution in [0.25, 0.3) is 0 Å². The van der Waals surface area contributed by atoms with Gasteiger partial charge in [-0.25, -0.2) is 0 Å². The van der Waals surface area contributed by atoms with Crippen molar-refractivity contribution in [2.45, 2.75) is 46.4 Å². The average Bonchev–Trinajstić information content (AvgIpc) is 2.56. The van der Waals surface area contributed by atoms with Gasteiger partial charge in [0.1, 0.15) is 6.54 Å². The molecule has 2 atom stereocenters. The molecular weight excluding hydrogens is 244 g/mol.